The fourth-order valence-corrected chi connectivity index (χ4v) is 4.88. The molecule has 0 spiro atoms. The van der Waals surface area contributed by atoms with Crippen molar-refractivity contribution in [1.29, 1.82) is 0 Å². The highest BCUT2D eigenvalue weighted by molar-refractivity contribution is 8.00. The summed E-state index contributed by atoms with van der Waals surface area (Å²) in [6.45, 7) is 0. The molecule has 0 aliphatic rings. The zero-order chi connectivity index (χ0) is 17.4. The van der Waals surface area contributed by atoms with Gasteiger partial charge in [0.1, 0.15) is 5.25 Å². The normalized spacial score (nSPS) is 12.6. The van der Waals surface area contributed by atoms with E-state index in [1.807, 2.05) is 46.9 Å². The Labute approximate surface area is 153 Å². The van der Waals surface area contributed by atoms with E-state index in [0.29, 0.717) is 0 Å². The Kier molecular flexibility index (Phi) is 4.19. The van der Waals surface area contributed by atoms with Crippen LogP contribution in [0, 0.1) is 0 Å². The van der Waals surface area contributed by atoms with Gasteiger partial charge in [0.25, 0.3) is 0 Å². The van der Waals surface area contributed by atoms with Crippen LogP contribution < -0.4 is 0 Å². The second-order valence-corrected chi connectivity index (χ2v) is 7.89. The van der Waals surface area contributed by atoms with Crippen LogP contribution in [0.3, 0.4) is 0 Å². The number of thioether (sulfide) groups is 1. The van der Waals surface area contributed by atoms with Crippen molar-refractivity contribution in [3.63, 3.8) is 0 Å². The lowest BCUT2D eigenvalue weighted by Gasteiger charge is -2.19. The Bertz CT molecular complexity index is 1040. The van der Waals surface area contributed by atoms with Gasteiger partial charge in [-0.05, 0) is 17.7 Å². The number of thiazole rings is 1. The first-order chi connectivity index (χ1) is 12.1. The van der Waals surface area contributed by atoms with Crippen molar-refractivity contribution in [2.24, 2.45) is 0 Å². The zero-order valence-electron chi connectivity index (χ0n) is 13.8. The molecule has 0 aliphatic heterocycles. The largest absolute Gasteiger partial charge is 0.348 e. The minimum atomic E-state index is -0.359. The lowest BCUT2D eigenvalue weighted by Crippen LogP contribution is -2.26. The van der Waals surface area contributed by atoms with E-state index in [2.05, 4.69) is 22.3 Å². The van der Waals surface area contributed by atoms with Crippen molar-refractivity contribution in [3.8, 4) is 0 Å². The molecule has 0 fully saturated rings. The Hall–Kier alpha value is -2.38. The van der Waals surface area contributed by atoms with Gasteiger partial charge in [-0.25, -0.2) is 0 Å². The number of benzene rings is 2. The molecule has 1 atom stereocenters. The predicted molar refractivity (Wildman–Crippen MR) is 102 cm³/mol. The van der Waals surface area contributed by atoms with Gasteiger partial charge in [0.2, 0.25) is 10.9 Å². The molecule has 0 aliphatic carbocycles. The molecule has 0 bridgehead atoms. The van der Waals surface area contributed by atoms with Crippen LogP contribution >= 0.6 is 23.1 Å². The van der Waals surface area contributed by atoms with Crippen LogP contribution in [0.2, 0.25) is 0 Å². The summed E-state index contributed by atoms with van der Waals surface area (Å²) in [5.41, 5.74) is 2.03. The molecule has 0 saturated carbocycles. The topological polar surface area (TPSA) is 50.5 Å². The summed E-state index contributed by atoms with van der Waals surface area (Å²) >= 11 is 3.04. The van der Waals surface area contributed by atoms with Crippen molar-refractivity contribution in [2.75, 3.05) is 14.1 Å². The van der Waals surface area contributed by atoms with E-state index in [-0.39, 0.29) is 11.2 Å². The highest BCUT2D eigenvalue weighted by Gasteiger charge is 2.26. The van der Waals surface area contributed by atoms with E-state index in [1.165, 1.54) is 11.8 Å². The quantitative estimate of drug-likeness (QED) is 0.513. The molecule has 2 heterocycles. The SMILES string of the molecule is CN(C)C(=O)C(Sc1nnc2sc3ccccc3n12)c1ccccc1. The van der Waals surface area contributed by atoms with Crippen molar-refractivity contribution in [3.05, 3.63) is 60.2 Å². The highest BCUT2D eigenvalue weighted by Crippen LogP contribution is 2.38. The number of nitrogens with zero attached hydrogens (tertiary/aromatic N) is 4. The molecule has 0 N–H and O–H groups in total. The molecule has 126 valence electrons. The lowest BCUT2D eigenvalue weighted by atomic mass is 10.1. The maximum Gasteiger partial charge on any atom is 0.240 e. The number of amides is 1. The van der Waals surface area contributed by atoms with Crippen LogP contribution in [0.1, 0.15) is 10.8 Å². The third kappa shape index (κ3) is 2.89. The summed E-state index contributed by atoms with van der Waals surface area (Å²) < 4.78 is 3.19. The zero-order valence-corrected chi connectivity index (χ0v) is 15.4. The van der Waals surface area contributed by atoms with Gasteiger partial charge < -0.3 is 4.90 Å². The third-order valence-corrected chi connectivity index (χ3v) is 6.10. The second kappa shape index (κ2) is 6.50. The van der Waals surface area contributed by atoms with Crippen LogP contribution in [-0.4, -0.2) is 39.5 Å². The number of carbonyl (C=O) groups is 1. The van der Waals surface area contributed by atoms with Crippen LogP contribution in [0.5, 0.6) is 0 Å². The van der Waals surface area contributed by atoms with E-state index in [1.54, 1.807) is 30.3 Å². The van der Waals surface area contributed by atoms with E-state index in [4.69, 9.17) is 0 Å². The van der Waals surface area contributed by atoms with Gasteiger partial charge in [-0.3, -0.25) is 9.20 Å². The van der Waals surface area contributed by atoms with Gasteiger partial charge in [-0.2, -0.15) is 0 Å². The first-order valence-electron chi connectivity index (χ1n) is 7.80. The van der Waals surface area contributed by atoms with E-state index in [9.17, 15) is 4.79 Å². The minimum absolute atomic E-state index is 0.0347. The molecule has 1 unspecified atom stereocenters. The molecule has 4 aromatic rings. The predicted octanol–water partition coefficient (Wildman–Crippen LogP) is 3.87. The molecule has 0 radical (unpaired) electrons. The number of likely N-dealkylation sites (N-methyl/N-ethyl adjacent to an activating group) is 1. The standard InChI is InChI=1S/C18H16N4OS2/c1-21(2)16(23)15(12-8-4-3-5-9-12)25-18-20-19-17-22(18)13-10-6-7-11-14(13)24-17/h3-11,15H,1-2H3. The summed E-state index contributed by atoms with van der Waals surface area (Å²) in [7, 11) is 3.55. The Morgan fingerprint density at radius 3 is 2.56 bits per heavy atom. The Morgan fingerprint density at radius 2 is 1.80 bits per heavy atom. The average Bonchev–Trinajstić information content (AvgIpc) is 3.19. The molecular formula is C18H16N4OS2. The van der Waals surface area contributed by atoms with Crippen molar-refractivity contribution < 1.29 is 4.79 Å². The van der Waals surface area contributed by atoms with Gasteiger partial charge in [0, 0.05) is 14.1 Å². The van der Waals surface area contributed by atoms with Crippen LogP contribution in [0.15, 0.2) is 59.8 Å². The van der Waals surface area contributed by atoms with Crippen LogP contribution in [0.4, 0.5) is 0 Å². The van der Waals surface area contributed by atoms with E-state index < -0.39 is 0 Å². The monoisotopic (exact) mass is 368 g/mol. The highest BCUT2D eigenvalue weighted by atomic mass is 32.2. The van der Waals surface area contributed by atoms with Crippen LogP contribution in [-0.2, 0) is 4.79 Å². The summed E-state index contributed by atoms with van der Waals surface area (Å²) in [5.74, 6) is 0.0347. The summed E-state index contributed by atoms with van der Waals surface area (Å²) in [5, 5.41) is 8.99. The first-order valence-corrected chi connectivity index (χ1v) is 9.50. The summed E-state index contributed by atoms with van der Waals surface area (Å²) in [4.78, 5) is 15.2. The maximum absolute atomic E-state index is 12.8. The van der Waals surface area contributed by atoms with E-state index in [0.717, 1.165) is 25.9 Å². The van der Waals surface area contributed by atoms with Gasteiger partial charge in [-0.15, -0.1) is 10.2 Å². The van der Waals surface area contributed by atoms with Gasteiger partial charge in [0.15, 0.2) is 5.16 Å². The lowest BCUT2D eigenvalue weighted by molar-refractivity contribution is -0.128. The molecule has 4 rings (SSSR count). The van der Waals surface area contributed by atoms with Crippen molar-refractivity contribution in [1.82, 2.24) is 19.5 Å². The Morgan fingerprint density at radius 1 is 1.08 bits per heavy atom. The minimum Gasteiger partial charge on any atom is -0.348 e. The summed E-state index contributed by atoms with van der Waals surface area (Å²) in [6.07, 6.45) is 0. The molecule has 2 aromatic heterocycles. The fraction of sp³-hybridized carbons (Fsp3) is 0.167. The number of para-hydroxylation sites is 1. The second-order valence-electron chi connectivity index (χ2n) is 5.81. The van der Waals surface area contributed by atoms with Gasteiger partial charge in [0.05, 0.1) is 10.2 Å². The summed E-state index contributed by atoms with van der Waals surface area (Å²) in [6, 6.07) is 17.9. The number of hydrogen-bond donors (Lipinski definition) is 0. The third-order valence-electron chi connectivity index (χ3n) is 3.90. The molecule has 25 heavy (non-hydrogen) atoms. The molecule has 2 aromatic carbocycles. The first kappa shape index (κ1) is 16.1. The molecule has 0 saturated heterocycles. The Balaban J connectivity index is 1.80. The van der Waals surface area contributed by atoms with Crippen LogP contribution in [0.25, 0.3) is 15.2 Å². The maximum atomic E-state index is 12.8. The number of rotatable bonds is 4. The smallest absolute Gasteiger partial charge is 0.240 e. The molecule has 1 amide bonds. The number of fused-ring (bicyclic) bond motifs is 3. The molecule has 7 heteroatoms. The molecular weight excluding hydrogens is 352 g/mol. The average molecular weight is 368 g/mol. The van der Waals surface area contributed by atoms with Gasteiger partial charge >= 0.3 is 0 Å². The van der Waals surface area contributed by atoms with Crippen molar-refractivity contribution in [2.45, 2.75) is 10.4 Å². The van der Waals surface area contributed by atoms with E-state index >= 15 is 0 Å². The number of carbonyl (C=O) groups excluding carboxylic acids is 1. The molecule has 5 nitrogen and oxygen atoms in total. The number of hydrogen-bond acceptors (Lipinski definition) is 5. The fourth-order valence-electron chi connectivity index (χ4n) is 2.66. The van der Waals surface area contributed by atoms with Gasteiger partial charge in [-0.1, -0.05) is 65.6 Å². The van der Waals surface area contributed by atoms with Crippen molar-refractivity contribution >= 4 is 44.2 Å². The number of aromatic nitrogens is 3.